The van der Waals surface area contributed by atoms with Crippen molar-refractivity contribution in [3.63, 3.8) is 0 Å². The minimum Gasteiger partial charge on any atom is -0.480 e. The van der Waals surface area contributed by atoms with E-state index in [-0.39, 0.29) is 32.4 Å². The molecule has 0 radical (unpaired) electrons. The zero-order chi connectivity index (χ0) is 34.1. The summed E-state index contributed by atoms with van der Waals surface area (Å²) in [5, 5.41) is 15.6. The van der Waals surface area contributed by atoms with E-state index in [0.29, 0.717) is 37.7 Å². The number of carboxylic acids is 1. The van der Waals surface area contributed by atoms with Gasteiger partial charge in [0.25, 0.3) is 0 Å². The normalized spacial score (nSPS) is 17.5. The molecule has 3 aromatic rings. The van der Waals surface area contributed by atoms with Crippen molar-refractivity contribution in [3.8, 4) is 0 Å². The van der Waals surface area contributed by atoms with Gasteiger partial charge in [0.2, 0.25) is 17.7 Å². The van der Waals surface area contributed by atoms with Crippen molar-refractivity contribution >= 4 is 29.7 Å². The van der Waals surface area contributed by atoms with E-state index >= 15 is 0 Å². The fraction of sp³-hybridized carbons (Fsp3) is 0.378. The lowest BCUT2D eigenvalue weighted by Gasteiger charge is -2.33. The third-order valence-electron chi connectivity index (χ3n) is 9.10. The number of carbonyl (C=O) groups excluding carboxylic acids is 4. The second kappa shape index (κ2) is 15.7. The van der Waals surface area contributed by atoms with Gasteiger partial charge in [0, 0.05) is 25.8 Å². The largest absolute Gasteiger partial charge is 0.480 e. The first kappa shape index (κ1) is 34.3. The molecule has 48 heavy (non-hydrogen) atoms. The summed E-state index contributed by atoms with van der Waals surface area (Å²) in [6, 6.07) is 22.5. The van der Waals surface area contributed by atoms with Crippen molar-refractivity contribution in [1.29, 1.82) is 0 Å². The summed E-state index contributed by atoms with van der Waals surface area (Å²) >= 11 is 0. The number of benzene rings is 3. The van der Waals surface area contributed by atoms with Gasteiger partial charge in [0.15, 0.2) is 0 Å². The first-order chi connectivity index (χ1) is 23.2. The Balaban J connectivity index is 1.27. The number of aliphatic carboxylic acids is 1. The molecule has 0 aromatic heterocycles. The highest BCUT2D eigenvalue weighted by Crippen LogP contribution is 2.31. The topological polar surface area (TPSA) is 168 Å². The smallest absolute Gasteiger partial charge is 0.338 e. The maximum atomic E-state index is 14.3. The number of unbranched alkanes of at least 4 members (excludes halogenated alkanes) is 1. The molecule has 2 aliphatic rings. The SMILES string of the molecule is N[C@@H](CCCCOC(=O)c1ccccc1)C(=O)NC1(C(=O)N[C@@H](Cc2ccccc2)C(=O)N2CCC[C@@H]2C(=O)O)Cc2ccccc2C1. The van der Waals surface area contributed by atoms with Crippen LogP contribution in [-0.4, -0.2) is 76.5 Å². The van der Waals surface area contributed by atoms with Gasteiger partial charge in [-0.15, -0.1) is 0 Å². The lowest BCUT2D eigenvalue weighted by Crippen LogP contribution is -2.65. The number of nitrogens with two attached hydrogens (primary N) is 1. The van der Waals surface area contributed by atoms with Crippen LogP contribution in [0.5, 0.6) is 0 Å². The Morgan fingerprint density at radius 3 is 2.17 bits per heavy atom. The summed E-state index contributed by atoms with van der Waals surface area (Å²) in [5.41, 5.74) is 7.96. The third kappa shape index (κ3) is 8.27. The van der Waals surface area contributed by atoms with Gasteiger partial charge in [-0.1, -0.05) is 72.8 Å². The summed E-state index contributed by atoms with van der Waals surface area (Å²) in [6.07, 6.45) is 2.79. The zero-order valence-electron chi connectivity index (χ0n) is 26.8. The Bertz CT molecular complexity index is 1590. The van der Waals surface area contributed by atoms with Crippen LogP contribution in [0.15, 0.2) is 84.9 Å². The summed E-state index contributed by atoms with van der Waals surface area (Å²) in [4.78, 5) is 67.1. The fourth-order valence-corrected chi connectivity index (χ4v) is 6.50. The number of ether oxygens (including phenoxy) is 1. The Labute approximate surface area is 279 Å². The zero-order valence-corrected chi connectivity index (χ0v) is 26.8. The van der Waals surface area contributed by atoms with E-state index in [1.54, 1.807) is 24.3 Å². The van der Waals surface area contributed by atoms with Crippen LogP contribution in [0.2, 0.25) is 0 Å². The number of esters is 1. The molecule has 0 unspecified atom stereocenters. The van der Waals surface area contributed by atoms with Gasteiger partial charge in [-0.3, -0.25) is 14.4 Å². The number of carboxylic acid groups (broad SMARTS) is 1. The molecule has 252 valence electrons. The Kier molecular flexibility index (Phi) is 11.2. The van der Waals surface area contributed by atoms with E-state index in [0.717, 1.165) is 16.7 Å². The average Bonchev–Trinajstić information content (AvgIpc) is 3.74. The number of hydrogen-bond acceptors (Lipinski definition) is 7. The highest BCUT2D eigenvalue weighted by atomic mass is 16.5. The maximum Gasteiger partial charge on any atom is 0.338 e. The molecule has 1 fully saturated rings. The van der Waals surface area contributed by atoms with E-state index < -0.39 is 53.3 Å². The molecular weight excluding hydrogens is 612 g/mol. The summed E-state index contributed by atoms with van der Waals surface area (Å²) < 4.78 is 5.32. The van der Waals surface area contributed by atoms with Crippen LogP contribution in [0.4, 0.5) is 0 Å². The summed E-state index contributed by atoms with van der Waals surface area (Å²) in [6.45, 7) is 0.463. The number of nitrogens with one attached hydrogen (secondary N) is 2. The molecule has 1 aliphatic heterocycles. The third-order valence-corrected chi connectivity index (χ3v) is 9.10. The molecule has 1 saturated heterocycles. The van der Waals surface area contributed by atoms with Gasteiger partial charge in [-0.25, -0.2) is 9.59 Å². The second-order valence-electron chi connectivity index (χ2n) is 12.5. The molecule has 11 heteroatoms. The minimum absolute atomic E-state index is 0.152. The lowest BCUT2D eigenvalue weighted by molar-refractivity contribution is -0.149. The lowest BCUT2D eigenvalue weighted by atomic mass is 9.92. The van der Waals surface area contributed by atoms with Gasteiger partial charge in [-0.05, 0) is 60.9 Å². The van der Waals surface area contributed by atoms with Gasteiger partial charge in [-0.2, -0.15) is 0 Å². The van der Waals surface area contributed by atoms with E-state index in [1.807, 2.05) is 60.7 Å². The Hall–Kier alpha value is -5.03. The first-order valence-electron chi connectivity index (χ1n) is 16.4. The van der Waals surface area contributed by atoms with Crippen molar-refractivity contribution < 1.29 is 33.8 Å². The number of amides is 3. The van der Waals surface area contributed by atoms with Crippen LogP contribution in [-0.2, 0) is 43.2 Å². The molecule has 5 N–H and O–H groups in total. The van der Waals surface area contributed by atoms with Gasteiger partial charge in [0.05, 0.1) is 18.2 Å². The van der Waals surface area contributed by atoms with Crippen LogP contribution < -0.4 is 16.4 Å². The number of carbonyl (C=O) groups is 5. The molecule has 1 heterocycles. The molecule has 1 aliphatic carbocycles. The Morgan fingerprint density at radius 2 is 1.52 bits per heavy atom. The van der Waals surface area contributed by atoms with E-state index in [9.17, 15) is 29.1 Å². The van der Waals surface area contributed by atoms with E-state index in [2.05, 4.69) is 10.6 Å². The van der Waals surface area contributed by atoms with Crippen molar-refractivity contribution in [2.24, 2.45) is 5.73 Å². The van der Waals surface area contributed by atoms with Crippen molar-refractivity contribution in [2.45, 2.75) is 75.0 Å². The van der Waals surface area contributed by atoms with Crippen molar-refractivity contribution in [1.82, 2.24) is 15.5 Å². The standard InChI is InChI=1S/C37H42N4O7/c38-29(18-9-10-21-48-35(46)26-14-5-2-6-15-26)32(42)40-37(23-27-16-7-8-17-28(27)24-37)36(47)39-30(22-25-12-3-1-4-13-25)33(43)41-20-11-19-31(41)34(44)45/h1-8,12-17,29-31H,9-11,18-24,38H2,(H,39,47)(H,40,42)(H,44,45)/t29-,30-,31+/m0/s1. The molecule has 3 aromatic carbocycles. The monoisotopic (exact) mass is 654 g/mol. The van der Waals surface area contributed by atoms with Crippen LogP contribution in [0.25, 0.3) is 0 Å². The fourth-order valence-electron chi connectivity index (χ4n) is 6.50. The average molecular weight is 655 g/mol. The van der Waals surface area contributed by atoms with Gasteiger partial charge < -0.3 is 31.1 Å². The number of likely N-dealkylation sites (tertiary alicyclic amines) is 1. The van der Waals surface area contributed by atoms with Crippen molar-refractivity contribution in [3.05, 3.63) is 107 Å². The van der Waals surface area contributed by atoms with E-state index in [4.69, 9.17) is 10.5 Å². The number of rotatable bonds is 14. The molecule has 5 rings (SSSR count). The van der Waals surface area contributed by atoms with Gasteiger partial charge >= 0.3 is 11.9 Å². The predicted octanol–water partition coefficient (Wildman–Crippen LogP) is 2.80. The molecule has 0 bridgehead atoms. The quantitative estimate of drug-likeness (QED) is 0.152. The molecule has 3 atom stereocenters. The maximum absolute atomic E-state index is 14.3. The van der Waals surface area contributed by atoms with Crippen LogP contribution >= 0.6 is 0 Å². The van der Waals surface area contributed by atoms with Crippen LogP contribution in [0.1, 0.15) is 59.2 Å². The number of fused-ring (bicyclic) bond motifs is 1. The summed E-state index contributed by atoms with van der Waals surface area (Å²) in [5.74, 6) is -3.01. The molecule has 0 spiro atoms. The van der Waals surface area contributed by atoms with E-state index in [1.165, 1.54) is 4.90 Å². The molecule has 0 saturated carbocycles. The summed E-state index contributed by atoms with van der Waals surface area (Å²) in [7, 11) is 0. The van der Waals surface area contributed by atoms with Crippen molar-refractivity contribution in [2.75, 3.05) is 13.2 Å². The number of hydrogen-bond donors (Lipinski definition) is 4. The van der Waals surface area contributed by atoms with Gasteiger partial charge in [0.1, 0.15) is 17.6 Å². The first-order valence-corrected chi connectivity index (χ1v) is 16.4. The molecular formula is C37H42N4O7. The predicted molar refractivity (Wildman–Crippen MR) is 178 cm³/mol. The number of nitrogens with zero attached hydrogens (tertiary/aromatic N) is 1. The molecule has 3 amide bonds. The van der Waals surface area contributed by atoms with Crippen LogP contribution in [0, 0.1) is 0 Å². The highest BCUT2D eigenvalue weighted by molar-refractivity contribution is 5.98. The second-order valence-corrected chi connectivity index (χ2v) is 12.5. The minimum atomic E-state index is -1.41. The Morgan fingerprint density at radius 1 is 0.896 bits per heavy atom. The molecule has 11 nitrogen and oxygen atoms in total. The highest BCUT2D eigenvalue weighted by Gasteiger charge is 2.47. The van der Waals surface area contributed by atoms with Crippen LogP contribution in [0.3, 0.4) is 0 Å².